The molecule has 0 aliphatic carbocycles. The number of benzene rings is 1. The van der Waals surface area contributed by atoms with Crippen molar-refractivity contribution in [2.45, 2.75) is 51.9 Å². The Kier molecular flexibility index (Phi) is 10.0. The zero-order valence-electron chi connectivity index (χ0n) is 17.0. The molecule has 1 aromatic heterocycles. The summed E-state index contributed by atoms with van der Waals surface area (Å²) < 4.78 is 6.93. The number of hydrogen-bond acceptors (Lipinski definition) is 5. The van der Waals surface area contributed by atoms with Crippen molar-refractivity contribution in [3.05, 3.63) is 50.4 Å². The predicted octanol–water partition coefficient (Wildman–Crippen LogP) is 5.66. The second-order valence-electron chi connectivity index (χ2n) is 6.83. The van der Waals surface area contributed by atoms with Gasteiger partial charge >= 0.3 is 0 Å². The van der Waals surface area contributed by atoms with Crippen molar-refractivity contribution in [1.82, 2.24) is 9.78 Å². The Balaban J connectivity index is 1.79. The van der Waals surface area contributed by atoms with Crippen molar-refractivity contribution in [3.8, 4) is 5.75 Å². The largest absolute Gasteiger partial charge is 0.492 e. The smallest absolute Gasteiger partial charge is 0.287 e. The van der Waals surface area contributed by atoms with Crippen LogP contribution in [0.1, 0.15) is 57.4 Å². The summed E-state index contributed by atoms with van der Waals surface area (Å²) in [4.78, 5) is 11.7. The zero-order chi connectivity index (χ0) is 21.1. The van der Waals surface area contributed by atoms with Gasteiger partial charge in [0.25, 0.3) is 5.56 Å². The molecule has 8 heteroatoms. The van der Waals surface area contributed by atoms with Crippen LogP contribution in [-0.2, 0) is 7.05 Å². The molecular weight excluding hydrogens is 411 g/mol. The van der Waals surface area contributed by atoms with Gasteiger partial charge in [-0.1, -0.05) is 68.7 Å². The Bertz CT molecular complexity index is 868. The molecule has 0 amide bonds. The number of rotatable bonds is 12. The first kappa shape index (κ1) is 23.2. The Labute approximate surface area is 181 Å². The molecule has 0 unspecified atom stereocenters. The lowest BCUT2D eigenvalue weighted by Crippen LogP contribution is -2.20. The topological polar surface area (TPSA) is 68.5 Å². The maximum absolute atomic E-state index is 11.7. The fourth-order valence-electron chi connectivity index (χ4n) is 2.72. The van der Waals surface area contributed by atoms with Gasteiger partial charge in [-0.25, -0.2) is 4.68 Å². The normalized spacial score (nSPS) is 11.2. The van der Waals surface area contributed by atoms with E-state index < -0.39 is 5.56 Å². The van der Waals surface area contributed by atoms with Crippen LogP contribution in [0.25, 0.3) is 0 Å². The van der Waals surface area contributed by atoms with E-state index in [1.54, 1.807) is 12.3 Å². The van der Waals surface area contributed by atoms with Gasteiger partial charge in [-0.2, -0.15) is 10.2 Å². The fourth-order valence-corrected chi connectivity index (χ4v) is 3.18. The second-order valence-corrected chi connectivity index (χ2v) is 7.62. The first-order valence-corrected chi connectivity index (χ1v) is 10.7. The minimum absolute atomic E-state index is 0.0341. The summed E-state index contributed by atoms with van der Waals surface area (Å²) >= 11 is 12.3. The third-order valence-corrected chi connectivity index (χ3v) is 5.10. The Hall–Kier alpha value is -2.05. The first-order valence-electron chi connectivity index (χ1n) is 9.96. The minimum atomic E-state index is -0.391. The SMILES string of the molecule is CCCCCCCCCOc1ccc(/C=N\Nc2cnn(C)c(=O)c2Cl)cc1Cl. The highest BCUT2D eigenvalue weighted by atomic mass is 35.5. The van der Waals surface area contributed by atoms with E-state index >= 15 is 0 Å². The molecule has 0 aliphatic rings. The van der Waals surface area contributed by atoms with Crippen LogP contribution in [0.4, 0.5) is 5.69 Å². The van der Waals surface area contributed by atoms with Crippen LogP contribution in [0, 0.1) is 0 Å². The highest BCUT2D eigenvalue weighted by Crippen LogP contribution is 2.25. The van der Waals surface area contributed by atoms with Crippen LogP contribution in [0.5, 0.6) is 5.75 Å². The molecule has 0 bridgehead atoms. The molecule has 1 N–H and O–H groups in total. The zero-order valence-corrected chi connectivity index (χ0v) is 18.5. The number of hydrogen-bond donors (Lipinski definition) is 1. The molecule has 0 saturated carbocycles. The molecule has 0 fully saturated rings. The van der Waals surface area contributed by atoms with Gasteiger partial charge < -0.3 is 4.74 Å². The van der Waals surface area contributed by atoms with Crippen LogP contribution < -0.4 is 15.7 Å². The maximum Gasteiger partial charge on any atom is 0.287 e. The molecule has 158 valence electrons. The van der Waals surface area contributed by atoms with Crippen molar-refractivity contribution in [1.29, 1.82) is 0 Å². The van der Waals surface area contributed by atoms with Gasteiger partial charge in [0.05, 0.1) is 24.0 Å². The maximum atomic E-state index is 11.7. The van der Waals surface area contributed by atoms with Gasteiger partial charge in [-0.3, -0.25) is 10.2 Å². The average molecular weight is 439 g/mol. The molecule has 1 aromatic carbocycles. The van der Waals surface area contributed by atoms with E-state index in [2.05, 4.69) is 22.5 Å². The number of hydrazone groups is 1. The minimum Gasteiger partial charge on any atom is -0.492 e. The van der Waals surface area contributed by atoms with Crippen LogP contribution in [0.3, 0.4) is 0 Å². The van der Waals surface area contributed by atoms with Crippen molar-refractivity contribution < 1.29 is 4.74 Å². The van der Waals surface area contributed by atoms with E-state index in [1.165, 1.54) is 51.8 Å². The van der Waals surface area contributed by atoms with Crippen molar-refractivity contribution in [2.75, 3.05) is 12.0 Å². The van der Waals surface area contributed by atoms with E-state index in [9.17, 15) is 4.79 Å². The Morgan fingerprint density at radius 2 is 1.90 bits per heavy atom. The van der Waals surface area contributed by atoms with E-state index in [1.807, 2.05) is 12.1 Å². The molecule has 0 spiro atoms. The van der Waals surface area contributed by atoms with E-state index in [0.717, 1.165) is 16.7 Å². The number of aromatic nitrogens is 2. The molecular formula is C21H28Cl2N4O2. The summed E-state index contributed by atoms with van der Waals surface area (Å²) in [5.41, 5.74) is 3.46. The first-order chi connectivity index (χ1) is 14.0. The molecule has 1 heterocycles. The van der Waals surface area contributed by atoms with Crippen LogP contribution in [0.15, 0.2) is 34.3 Å². The number of nitrogens with one attached hydrogen (secondary N) is 1. The van der Waals surface area contributed by atoms with Crippen molar-refractivity contribution in [2.24, 2.45) is 12.1 Å². The van der Waals surface area contributed by atoms with E-state index in [4.69, 9.17) is 27.9 Å². The lowest BCUT2D eigenvalue weighted by atomic mass is 10.1. The predicted molar refractivity (Wildman–Crippen MR) is 121 cm³/mol. The lowest BCUT2D eigenvalue weighted by molar-refractivity contribution is 0.304. The second kappa shape index (κ2) is 12.5. The van der Waals surface area contributed by atoms with Gasteiger partial charge in [0.15, 0.2) is 0 Å². The van der Waals surface area contributed by atoms with Crippen LogP contribution in [0.2, 0.25) is 10.0 Å². The highest BCUT2D eigenvalue weighted by molar-refractivity contribution is 6.33. The summed E-state index contributed by atoms with van der Waals surface area (Å²) in [6.45, 7) is 2.89. The van der Waals surface area contributed by atoms with Crippen LogP contribution in [-0.4, -0.2) is 22.6 Å². The Morgan fingerprint density at radius 1 is 1.17 bits per heavy atom. The third-order valence-electron chi connectivity index (χ3n) is 4.44. The quantitative estimate of drug-likeness (QED) is 0.263. The molecule has 29 heavy (non-hydrogen) atoms. The monoisotopic (exact) mass is 438 g/mol. The van der Waals surface area contributed by atoms with Gasteiger partial charge in [0.2, 0.25) is 0 Å². The number of anilines is 1. The summed E-state index contributed by atoms with van der Waals surface area (Å²) in [6.07, 6.45) is 11.7. The number of halogens is 2. The van der Waals surface area contributed by atoms with E-state index in [0.29, 0.717) is 23.1 Å². The van der Waals surface area contributed by atoms with Gasteiger partial charge in [0, 0.05) is 7.05 Å². The van der Waals surface area contributed by atoms with Gasteiger partial charge in [-0.15, -0.1) is 0 Å². The summed E-state index contributed by atoms with van der Waals surface area (Å²) in [5.74, 6) is 0.668. The van der Waals surface area contributed by atoms with Gasteiger partial charge in [0.1, 0.15) is 16.5 Å². The van der Waals surface area contributed by atoms with Crippen LogP contribution >= 0.6 is 23.2 Å². The number of nitrogens with zero attached hydrogens (tertiary/aromatic N) is 3. The number of unbranched alkanes of at least 4 members (excludes halogenated alkanes) is 6. The molecule has 6 nitrogen and oxygen atoms in total. The lowest BCUT2D eigenvalue weighted by Gasteiger charge is -2.08. The molecule has 2 rings (SSSR count). The molecule has 0 saturated heterocycles. The summed E-state index contributed by atoms with van der Waals surface area (Å²) in [7, 11) is 1.53. The molecule has 0 aliphatic heterocycles. The Morgan fingerprint density at radius 3 is 2.62 bits per heavy atom. The summed E-state index contributed by atoms with van der Waals surface area (Å²) in [6, 6.07) is 5.47. The van der Waals surface area contributed by atoms with Crippen molar-refractivity contribution in [3.63, 3.8) is 0 Å². The summed E-state index contributed by atoms with van der Waals surface area (Å²) in [5, 5.41) is 8.55. The third kappa shape index (κ3) is 7.71. The van der Waals surface area contributed by atoms with E-state index in [-0.39, 0.29) is 5.02 Å². The number of ether oxygens (including phenoxy) is 1. The molecule has 2 aromatic rings. The number of aryl methyl sites for hydroxylation is 1. The molecule has 0 radical (unpaired) electrons. The molecule has 0 atom stereocenters. The fraction of sp³-hybridized carbons (Fsp3) is 0.476. The van der Waals surface area contributed by atoms with Gasteiger partial charge in [-0.05, 0) is 30.2 Å². The van der Waals surface area contributed by atoms with Crippen molar-refractivity contribution >= 4 is 35.1 Å². The standard InChI is InChI=1S/C21H28Cl2N4O2/c1-3-4-5-6-7-8-9-12-29-19-11-10-16(13-17(19)22)14-24-26-18-15-25-27(2)21(28)20(18)23/h10-11,13-15,26H,3-9,12H2,1-2H3/b24-14-. The highest BCUT2D eigenvalue weighted by Gasteiger charge is 2.06. The average Bonchev–Trinajstić information content (AvgIpc) is 2.71.